The number of nitriles is 1. The highest BCUT2D eigenvalue weighted by molar-refractivity contribution is 4.80. The van der Waals surface area contributed by atoms with Gasteiger partial charge in [0.15, 0.2) is 0 Å². The van der Waals surface area contributed by atoms with E-state index in [9.17, 15) is 0 Å². The normalized spacial score (nSPS) is 8.89. The summed E-state index contributed by atoms with van der Waals surface area (Å²) in [7, 11) is 0. The summed E-state index contributed by atoms with van der Waals surface area (Å²) in [5.41, 5.74) is 0. The first-order chi connectivity index (χ1) is 4.41. The number of hydrogen-bond donors (Lipinski definition) is 0. The van der Waals surface area contributed by atoms with Crippen molar-refractivity contribution in [1.82, 2.24) is 0 Å². The van der Waals surface area contributed by atoms with E-state index in [0.29, 0.717) is 6.42 Å². The van der Waals surface area contributed by atoms with Gasteiger partial charge in [-0.1, -0.05) is 26.2 Å². The highest BCUT2D eigenvalue weighted by atomic mass is 14.2. The van der Waals surface area contributed by atoms with Crippen LogP contribution in [0.5, 0.6) is 0 Å². The molecule has 0 aromatic heterocycles. The highest BCUT2D eigenvalue weighted by Crippen LogP contribution is 2.02. The minimum Gasteiger partial charge on any atom is -0.198 e. The van der Waals surface area contributed by atoms with Crippen molar-refractivity contribution in [2.45, 2.75) is 39.0 Å². The van der Waals surface area contributed by atoms with E-state index in [1.807, 2.05) is 0 Å². The second kappa shape index (κ2) is 7.49. The Balaban J connectivity index is 2.69. The Bertz CT molecular complexity index is 81.1. The highest BCUT2D eigenvalue weighted by Gasteiger charge is 1.86. The molecule has 0 aliphatic carbocycles. The molecular formula is C8H14N. The van der Waals surface area contributed by atoms with Crippen molar-refractivity contribution < 1.29 is 0 Å². The summed E-state index contributed by atoms with van der Waals surface area (Å²) in [5.74, 6) is 0. The van der Waals surface area contributed by atoms with Crippen LogP contribution >= 0.6 is 0 Å². The molecule has 0 heterocycles. The van der Waals surface area contributed by atoms with Crippen molar-refractivity contribution in [2.75, 3.05) is 0 Å². The molecule has 0 saturated heterocycles. The Labute approximate surface area is 57.7 Å². The molecule has 0 aliphatic rings. The van der Waals surface area contributed by atoms with E-state index in [4.69, 9.17) is 5.26 Å². The Morgan fingerprint density at radius 2 is 2.22 bits per heavy atom. The molecule has 0 atom stereocenters. The van der Waals surface area contributed by atoms with Gasteiger partial charge in [0.2, 0.25) is 0 Å². The van der Waals surface area contributed by atoms with E-state index >= 15 is 0 Å². The fraction of sp³-hybridized carbons (Fsp3) is 0.750. The van der Waals surface area contributed by atoms with Gasteiger partial charge < -0.3 is 0 Å². The lowest BCUT2D eigenvalue weighted by molar-refractivity contribution is 0.705. The van der Waals surface area contributed by atoms with E-state index in [2.05, 4.69) is 19.4 Å². The zero-order valence-electron chi connectivity index (χ0n) is 6.06. The molecule has 0 saturated carbocycles. The first-order valence-corrected chi connectivity index (χ1v) is 3.60. The second-order valence-corrected chi connectivity index (χ2v) is 2.15. The van der Waals surface area contributed by atoms with Crippen molar-refractivity contribution in [3.05, 3.63) is 6.42 Å². The SMILES string of the molecule is CCCCC[CH]CC#N. The third-order valence-electron chi connectivity index (χ3n) is 1.25. The fourth-order valence-electron chi connectivity index (χ4n) is 0.705. The second-order valence-electron chi connectivity index (χ2n) is 2.15. The first-order valence-electron chi connectivity index (χ1n) is 3.60. The molecule has 0 N–H and O–H groups in total. The molecule has 51 valence electrons. The Morgan fingerprint density at radius 1 is 1.44 bits per heavy atom. The fourth-order valence-corrected chi connectivity index (χ4v) is 0.705. The molecule has 0 spiro atoms. The van der Waals surface area contributed by atoms with Crippen LogP contribution in [0, 0.1) is 17.8 Å². The van der Waals surface area contributed by atoms with Crippen LogP contribution in [0.1, 0.15) is 39.0 Å². The van der Waals surface area contributed by atoms with Crippen LogP contribution in [0.25, 0.3) is 0 Å². The smallest absolute Gasteiger partial charge is 0.0624 e. The quantitative estimate of drug-likeness (QED) is 0.517. The van der Waals surface area contributed by atoms with Crippen molar-refractivity contribution >= 4 is 0 Å². The van der Waals surface area contributed by atoms with Gasteiger partial charge in [-0.25, -0.2) is 0 Å². The van der Waals surface area contributed by atoms with E-state index in [0.717, 1.165) is 6.42 Å². The van der Waals surface area contributed by atoms with Crippen LogP contribution in [-0.4, -0.2) is 0 Å². The summed E-state index contributed by atoms with van der Waals surface area (Å²) in [6, 6.07) is 2.09. The van der Waals surface area contributed by atoms with E-state index in [1.165, 1.54) is 19.3 Å². The maximum Gasteiger partial charge on any atom is 0.0624 e. The number of nitrogens with zero attached hydrogens (tertiary/aromatic N) is 1. The molecule has 0 rings (SSSR count). The van der Waals surface area contributed by atoms with Gasteiger partial charge in [0.1, 0.15) is 0 Å². The van der Waals surface area contributed by atoms with Crippen LogP contribution in [-0.2, 0) is 0 Å². The van der Waals surface area contributed by atoms with E-state index < -0.39 is 0 Å². The average molecular weight is 124 g/mol. The van der Waals surface area contributed by atoms with Crippen LogP contribution in [0.2, 0.25) is 0 Å². The Morgan fingerprint density at radius 3 is 2.78 bits per heavy atom. The van der Waals surface area contributed by atoms with Crippen LogP contribution in [0.15, 0.2) is 0 Å². The molecule has 9 heavy (non-hydrogen) atoms. The molecule has 0 aliphatic heterocycles. The number of hydrogen-bond acceptors (Lipinski definition) is 1. The van der Waals surface area contributed by atoms with Crippen LogP contribution < -0.4 is 0 Å². The van der Waals surface area contributed by atoms with Crippen molar-refractivity contribution in [2.24, 2.45) is 0 Å². The minimum atomic E-state index is 0.615. The lowest BCUT2D eigenvalue weighted by Gasteiger charge is -1.92. The summed E-state index contributed by atoms with van der Waals surface area (Å²) in [6.07, 6.45) is 7.58. The molecule has 1 radical (unpaired) electrons. The van der Waals surface area contributed by atoms with Gasteiger partial charge in [-0.05, 0) is 12.8 Å². The monoisotopic (exact) mass is 124 g/mol. The minimum absolute atomic E-state index is 0.615. The van der Waals surface area contributed by atoms with E-state index in [1.54, 1.807) is 0 Å². The molecular weight excluding hydrogens is 110 g/mol. The van der Waals surface area contributed by atoms with Crippen molar-refractivity contribution in [3.63, 3.8) is 0 Å². The molecule has 1 heteroatoms. The summed E-state index contributed by atoms with van der Waals surface area (Å²) in [6.45, 7) is 2.18. The molecule has 0 aromatic carbocycles. The standard InChI is InChI=1S/C8H14N/c1-2-3-4-5-6-7-8-9/h6H,2-5,7H2,1H3. The van der Waals surface area contributed by atoms with Crippen molar-refractivity contribution in [3.8, 4) is 6.07 Å². The molecule has 0 bridgehead atoms. The van der Waals surface area contributed by atoms with Crippen LogP contribution in [0.4, 0.5) is 0 Å². The van der Waals surface area contributed by atoms with E-state index in [-0.39, 0.29) is 0 Å². The summed E-state index contributed by atoms with van der Waals surface area (Å²) >= 11 is 0. The topological polar surface area (TPSA) is 23.8 Å². The Hall–Kier alpha value is -0.510. The number of rotatable bonds is 5. The largest absolute Gasteiger partial charge is 0.198 e. The van der Waals surface area contributed by atoms with Crippen LogP contribution in [0.3, 0.4) is 0 Å². The maximum atomic E-state index is 8.14. The third-order valence-corrected chi connectivity index (χ3v) is 1.25. The van der Waals surface area contributed by atoms with Gasteiger partial charge in [0, 0.05) is 6.42 Å². The van der Waals surface area contributed by atoms with Gasteiger partial charge in [-0.3, -0.25) is 0 Å². The predicted molar refractivity (Wildman–Crippen MR) is 38.7 cm³/mol. The van der Waals surface area contributed by atoms with Crippen molar-refractivity contribution in [1.29, 1.82) is 5.26 Å². The number of unbranched alkanes of at least 4 members (excludes halogenated alkanes) is 5. The molecule has 0 aromatic rings. The average Bonchev–Trinajstić information content (AvgIpc) is 1.89. The van der Waals surface area contributed by atoms with Gasteiger partial charge in [-0.15, -0.1) is 0 Å². The molecule has 0 fully saturated rings. The zero-order chi connectivity index (χ0) is 6.95. The Kier molecular flexibility index (Phi) is 7.07. The third kappa shape index (κ3) is 7.49. The first kappa shape index (κ1) is 8.49. The summed E-state index contributed by atoms with van der Waals surface area (Å²) < 4.78 is 0. The summed E-state index contributed by atoms with van der Waals surface area (Å²) in [5, 5.41) is 8.14. The molecule has 0 amide bonds. The molecule has 1 nitrogen and oxygen atoms in total. The summed E-state index contributed by atoms with van der Waals surface area (Å²) in [4.78, 5) is 0. The van der Waals surface area contributed by atoms with Gasteiger partial charge in [0.05, 0.1) is 6.07 Å². The lowest BCUT2D eigenvalue weighted by atomic mass is 10.1. The maximum absolute atomic E-state index is 8.14. The zero-order valence-corrected chi connectivity index (χ0v) is 6.06. The lowest BCUT2D eigenvalue weighted by Crippen LogP contribution is -1.76. The van der Waals surface area contributed by atoms with Gasteiger partial charge >= 0.3 is 0 Å². The van der Waals surface area contributed by atoms with Gasteiger partial charge in [0.25, 0.3) is 0 Å². The van der Waals surface area contributed by atoms with Gasteiger partial charge in [-0.2, -0.15) is 5.26 Å². The predicted octanol–water partition coefficient (Wildman–Crippen LogP) is 2.68. The molecule has 0 unspecified atom stereocenters.